The Kier molecular flexibility index (Phi) is 3.26. The molecule has 2 N–H and O–H groups in total. The van der Waals surface area contributed by atoms with Gasteiger partial charge in [-0.25, -0.2) is 0 Å². The summed E-state index contributed by atoms with van der Waals surface area (Å²) < 4.78 is 0. The van der Waals surface area contributed by atoms with Crippen molar-refractivity contribution >= 4 is 5.91 Å². The Hall–Kier alpha value is -0.610. The minimum absolute atomic E-state index is 0.211. The van der Waals surface area contributed by atoms with E-state index in [1.54, 1.807) is 6.92 Å². The molecule has 0 aromatic carbocycles. The number of amides is 1. The van der Waals surface area contributed by atoms with Gasteiger partial charge in [-0.1, -0.05) is 0 Å². The monoisotopic (exact) mass is 211 g/mol. The van der Waals surface area contributed by atoms with Gasteiger partial charge in [0.2, 0.25) is 5.91 Å². The predicted octanol–water partition coefficient (Wildman–Crippen LogP) is 0.0303. The Morgan fingerprint density at radius 3 is 2.67 bits per heavy atom. The molecule has 2 unspecified atom stereocenters. The molecule has 0 aliphatic carbocycles. The summed E-state index contributed by atoms with van der Waals surface area (Å²) in [5, 5.41) is 0. The molecule has 2 fully saturated rings. The SMILES string of the molecule is CC(=O)N1CCCC(N2CCC(N)C2)C1. The summed E-state index contributed by atoms with van der Waals surface area (Å²) in [5.74, 6) is 0.211. The van der Waals surface area contributed by atoms with E-state index >= 15 is 0 Å². The van der Waals surface area contributed by atoms with E-state index < -0.39 is 0 Å². The first-order chi connectivity index (χ1) is 7.16. The molecule has 0 radical (unpaired) electrons. The van der Waals surface area contributed by atoms with Crippen LogP contribution in [0, 0.1) is 0 Å². The first kappa shape index (κ1) is 10.9. The number of likely N-dealkylation sites (tertiary alicyclic amines) is 2. The molecule has 2 aliphatic heterocycles. The van der Waals surface area contributed by atoms with Crippen molar-refractivity contribution in [2.24, 2.45) is 5.73 Å². The van der Waals surface area contributed by atoms with Gasteiger partial charge in [-0.2, -0.15) is 0 Å². The van der Waals surface area contributed by atoms with Crippen LogP contribution >= 0.6 is 0 Å². The average molecular weight is 211 g/mol. The number of carbonyl (C=O) groups is 1. The van der Waals surface area contributed by atoms with Gasteiger partial charge in [0, 0.05) is 45.2 Å². The molecule has 4 heteroatoms. The van der Waals surface area contributed by atoms with Crippen LogP contribution in [0.15, 0.2) is 0 Å². The summed E-state index contributed by atoms with van der Waals surface area (Å²) in [4.78, 5) is 15.7. The smallest absolute Gasteiger partial charge is 0.219 e. The van der Waals surface area contributed by atoms with Crippen molar-refractivity contribution in [3.63, 3.8) is 0 Å². The first-order valence-corrected chi connectivity index (χ1v) is 5.92. The predicted molar refractivity (Wildman–Crippen MR) is 59.4 cm³/mol. The normalized spacial score (nSPS) is 33.3. The van der Waals surface area contributed by atoms with Gasteiger partial charge < -0.3 is 10.6 Å². The maximum absolute atomic E-state index is 11.3. The summed E-state index contributed by atoms with van der Waals surface area (Å²) in [6, 6.07) is 0.897. The molecule has 1 amide bonds. The van der Waals surface area contributed by atoms with E-state index in [4.69, 9.17) is 5.73 Å². The van der Waals surface area contributed by atoms with E-state index in [-0.39, 0.29) is 5.91 Å². The van der Waals surface area contributed by atoms with E-state index in [9.17, 15) is 4.79 Å². The zero-order valence-electron chi connectivity index (χ0n) is 9.48. The van der Waals surface area contributed by atoms with Gasteiger partial charge in [-0.15, -0.1) is 0 Å². The third-order valence-electron chi connectivity index (χ3n) is 3.61. The fourth-order valence-corrected chi connectivity index (χ4v) is 2.69. The number of hydrogen-bond donors (Lipinski definition) is 1. The Morgan fingerprint density at radius 2 is 2.07 bits per heavy atom. The molecule has 2 saturated heterocycles. The zero-order chi connectivity index (χ0) is 10.8. The summed E-state index contributed by atoms with van der Waals surface area (Å²) in [6.45, 7) is 5.62. The van der Waals surface area contributed by atoms with E-state index in [1.807, 2.05) is 4.90 Å². The van der Waals surface area contributed by atoms with Gasteiger partial charge in [0.15, 0.2) is 0 Å². The molecule has 0 spiro atoms. The van der Waals surface area contributed by atoms with Crippen LogP contribution in [0.5, 0.6) is 0 Å². The summed E-state index contributed by atoms with van der Waals surface area (Å²) in [6.07, 6.45) is 3.46. The quantitative estimate of drug-likeness (QED) is 0.666. The van der Waals surface area contributed by atoms with Crippen LogP contribution in [-0.4, -0.2) is 54.0 Å². The lowest BCUT2D eigenvalue weighted by molar-refractivity contribution is -0.130. The van der Waals surface area contributed by atoms with Crippen molar-refractivity contribution in [1.29, 1.82) is 0 Å². The number of hydrogen-bond acceptors (Lipinski definition) is 3. The van der Waals surface area contributed by atoms with Gasteiger partial charge in [-0.05, 0) is 19.3 Å². The van der Waals surface area contributed by atoms with E-state index in [0.29, 0.717) is 12.1 Å². The lowest BCUT2D eigenvalue weighted by Gasteiger charge is -2.37. The van der Waals surface area contributed by atoms with Crippen molar-refractivity contribution in [1.82, 2.24) is 9.80 Å². The van der Waals surface area contributed by atoms with Crippen LogP contribution in [0.3, 0.4) is 0 Å². The third kappa shape index (κ3) is 2.49. The van der Waals surface area contributed by atoms with E-state index in [0.717, 1.165) is 39.0 Å². The van der Waals surface area contributed by atoms with Gasteiger partial charge >= 0.3 is 0 Å². The third-order valence-corrected chi connectivity index (χ3v) is 3.61. The minimum atomic E-state index is 0.211. The van der Waals surface area contributed by atoms with Gasteiger partial charge in [0.05, 0.1) is 0 Å². The molecule has 15 heavy (non-hydrogen) atoms. The maximum atomic E-state index is 11.3. The highest BCUT2D eigenvalue weighted by molar-refractivity contribution is 5.73. The summed E-state index contributed by atoms with van der Waals surface area (Å²) >= 11 is 0. The number of nitrogens with zero attached hydrogens (tertiary/aromatic N) is 2. The van der Waals surface area contributed by atoms with Crippen molar-refractivity contribution in [2.75, 3.05) is 26.2 Å². The Morgan fingerprint density at radius 1 is 1.27 bits per heavy atom. The highest BCUT2D eigenvalue weighted by atomic mass is 16.2. The largest absolute Gasteiger partial charge is 0.341 e. The summed E-state index contributed by atoms with van der Waals surface area (Å²) in [7, 11) is 0. The number of carbonyl (C=O) groups excluding carboxylic acids is 1. The molecule has 0 aromatic heterocycles. The molecule has 2 atom stereocenters. The van der Waals surface area contributed by atoms with E-state index in [2.05, 4.69) is 4.90 Å². The Bertz CT molecular complexity index is 244. The highest BCUT2D eigenvalue weighted by Crippen LogP contribution is 2.20. The molecule has 2 aliphatic rings. The van der Waals surface area contributed by atoms with E-state index in [1.165, 1.54) is 6.42 Å². The van der Waals surface area contributed by atoms with Crippen LogP contribution in [0.25, 0.3) is 0 Å². The number of nitrogens with two attached hydrogens (primary N) is 1. The van der Waals surface area contributed by atoms with Crippen molar-refractivity contribution in [3.8, 4) is 0 Å². The fraction of sp³-hybridized carbons (Fsp3) is 0.909. The lowest BCUT2D eigenvalue weighted by Crippen LogP contribution is -2.49. The first-order valence-electron chi connectivity index (χ1n) is 5.92. The topological polar surface area (TPSA) is 49.6 Å². The molecule has 2 heterocycles. The van der Waals surface area contributed by atoms with Crippen LogP contribution in [0.2, 0.25) is 0 Å². The molecule has 0 aromatic rings. The zero-order valence-corrected chi connectivity index (χ0v) is 9.48. The lowest BCUT2D eigenvalue weighted by atomic mass is 10.0. The van der Waals surface area contributed by atoms with Crippen molar-refractivity contribution in [2.45, 2.75) is 38.3 Å². The maximum Gasteiger partial charge on any atom is 0.219 e. The van der Waals surface area contributed by atoms with Gasteiger partial charge in [0.1, 0.15) is 0 Å². The Balaban J connectivity index is 1.90. The second-order valence-corrected chi connectivity index (χ2v) is 4.80. The molecule has 2 rings (SSSR count). The Labute approximate surface area is 91.4 Å². The van der Waals surface area contributed by atoms with Crippen molar-refractivity contribution < 1.29 is 4.79 Å². The fourth-order valence-electron chi connectivity index (χ4n) is 2.69. The van der Waals surface area contributed by atoms with Crippen molar-refractivity contribution in [3.05, 3.63) is 0 Å². The summed E-state index contributed by atoms with van der Waals surface area (Å²) in [5.41, 5.74) is 5.90. The van der Waals surface area contributed by atoms with Gasteiger partial charge in [-0.3, -0.25) is 9.69 Å². The molecule has 0 bridgehead atoms. The number of piperidine rings is 1. The molecule has 4 nitrogen and oxygen atoms in total. The second-order valence-electron chi connectivity index (χ2n) is 4.80. The second kappa shape index (κ2) is 4.49. The average Bonchev–Trinajstić information content (AvgIpc) is 2.65. The molecule has 86 valence electrons. The van der Waals surface area contributed by atoms with Crippen LogP contribution in [0.4, 0.5) is 0 Å². The standard InChI is InChI=1S/C11H21N3O/c1-9(15)13-5-2-3-11(8-13)14-6-4-10(12)7-14/h10-11H,2-8,12H2,1H3. The van der Waals surface area contributed by atoms with Crippen LogP contribution in [-0.2, 0) is 4.79 Å². The molecule has 0 saturated carbocycles. The number of rotatable bonds is 1. The minimum Gasteiger partial charge on any atom is -0.341 e. The van der Waals surface area contributed by atoms with Gasteiger partial charge in [0.25, 0.3) is 0 Å². The molecular formula is C11H21N3O. The van der Waals surface area contributed by atoms with Crippen LogP contribution in [0.1, 0.15) is 26.2 Å². The molecular weight excluding hydrogens is 190 g/mol. The highest BCUT2D eigenvalue weighted by Gasteiger charge is 2.30. The van der Waals surface area contributed by atoms with Crippen LogP contribution < -0.4 is 5.73 Å².